The Balaban J connectivity index is 2.00. The van der Waals surface area contributed by atoms with E-state index in [1.165, 1.54) is 0 Å². The Bertz CT molecular complexity index is 448. The van der Waals surface area contributed by atoms with E-state index in [0.717, 1.165) is 37.2 Å². The van der Waals surface area contributed by atoms with Crippen LogP contribution in [0.25, 0.3) is 0 Å². The average molecular weight is 232 g/mol. The van der Waals surface area contributed by atoms with E-state index in [1.54, 1.807) is 12.3 Å². The molecular formula is C13H16N2O2. The number of carbonyl (C=O) groups is 1. The van der Waals surface area contributed by atoms with Crippen molar-refractivity contribution in [2.45, 2.75) is 49.9 Å². The van der Waals surface area contributed by atoms with Gasteiger partial charge < -0.3 is 5.11 Å². The number of carboxylic acids is 1. The lowest BCUT2D eigenvalue weighted by Crippen LogP contribution is -2.33. The van der Waals surface area contributed by atoms with Gasteiger partial charge in [0.2, 0.25) is 0 Å². The fraction of sp³-hybridized carbons (Fsp3) is 0.615. The largest absolute Gasteiger partial charge is 0.481 e. The molecule has 0 spiro atoms. The molecule has 4 nitrogen and oxygen atoms in total. The minimum Gasteiger partial charge on any atom is -0.481 e. The van der Waals surface area contributed by atoms with Crippen molar-refractivity contribution in [1.29, 1.82) is 0 Å². The number of hydrogen-bond donors (Lipinski definition) is 1. The quantitative estimate of drug-likeness (QED) is 0.868. The highest BCUT2D eigenvalue weighted by atomic mass is 16.4. The Morgan fingerprint density at radius 2 is 2.06 bits per heavy atom. The van der Waals surface area contributed by atoms with Gasteiger partial charge in [-0.2, -0.15) is 0 Å². The zero-order valence-corrected chi connectivity index (χ0v) is 9.72. The first-order chi connectivity index (χ1) is 8.22. The number of carboxylic acid groups (broad SMARTS) is 1. The molecule has 0 aromatic carbocycles. The summed E-state index contributed by atoms with van der Waals surface area (Å²) < 4.78 is 0. The van der Waals surface area contributed by atoms with Gasteiger partial charge in [-0.1, -0.05) is 12.8 Å². The molecule has 2 aliphatic rings. The van der Waals surface area contributed by atoms with E-state index in [1.807, 2.05) is 0 Å². The second kappa shape index (κ2) is 3.79. The molecule has 2 saturated carbocycles. The highest BCUT2D eigenvalue weighted by molar-refractivity contribution is 5.81. The molecule has 1 aromatic rings. The topological polar surface area (TPSA) is 63.1 Å². The van der Waals surface area contributed by atoms with Gasteiger partial charge in [0.25, 0.3) is 0 Å². The van der Waals surface area contributed by atoms with Gasteiger partial charge in [0.1, 0.15) is 11.2 Å². The fourth-order valence-electron chi connectivity index (χ4n) is 2.74. The van der Waals surface area contributed by atoms with E-state index in [4.69, 9.17) is 0 Å². The van der Waals surface area contributed by atoms with Gasteiger partial charge in [-0.15, -0.1) is 0 Å². The molecule has 1 aromatic heterocycles. The van der Waals surface area contributed by atoms with Crippen molar-refractivity contribution in [1.82, 2.24) is 9.97 Å². The summed E-state index contributed by atoms with van der Waals surface area (Å²) in [5.41, 5.74) is -0.0218. The summed E-state index contributed by atoms with van der Waals surface area (Å²) in [5.74, 6) is 0.590. The molecule has 0 atom stereocenters. The van der Waals surface area contributed by atoms with Crippen LogP contribution in [0, 0.1) is 0 Å². The van der Waals surface area contributed by atoms with Crippen LogP contribution in [0.2, 0.25) is 0 Å². The molecule has 0 radical (unpaired) electrons. The number of aliphatic carboxylic acids is 1. The molecule has 90 valence electrons. The Hall–Kier alpha value is -1.45. The molecule has 17 heavy (non-hydrogen) atoms. The molecule has 0 aliphatic heterocycles. The van der Waals surface area contributed by atoms with Crippen molar-refractivity contribution in [2.75, 3.05) is 0 Å². The predicted molar refractivity (Wildman–Crippen MR) is 61.8 cm³/mol. The van der Waals surface area contributed by atoms with E-state index in [-0.39, 0.29) is 0 Å². The maximum absolute atomic E-state index is 11.6. The SMILES string of the molecule is O=C(O)C1(c2ccnc(C3CC3)n2)CCCC1. The summed E-state index contributed by atoms with van der Waals surface area (Å²) in [5, 5.41) is 9.50. The number of rotatable bonds is 3. The third-order valence-electron chi connectivity index (χ3n) is 3.97. The van der Waals surface area contributed by atoms with Crippen molar-refractivity contribution < 1.29 is 9.90 Å². The third kappa shape index (κ3) is 1.72. The number of aromatic nitrogens is 2. The summed E-state index contributed by atoms with van der Waals surface area (Å²) in [6.07, 6.45) is 7.39. The normalized spacial score (nSPS) is 22.6. The van der Waals surface area contributed by atoms with E-state index in [9.17, 15) is 9.90 Å². The lowest BCUT2D eigenvalue weighted by molar-refractivity contribution is -0.143. The fourth-order valence-corrected chi connectivity index (χ4v) is 2.74. The minimum absolute atomic E-state index is 0.474. The van der Waals surface area contributed by atoms with Crippen molar-refractivity contribution in [3.05, 3.63) is 23.8 Å². The molecule has 0 unspecified atom stereocenters. The molecule has 0 amide bonds. The van der Waals surface area contributed by atoms with Crippen LogP contribution in [0.15, 0.2) is 12.3 Å². The van der Waals surface area contributed by atoms with Gasteiger partial charge in [-0.25, -0.2) is 9.97 Å². The lowest BCUT2D eigenvalue weighted by atomic mass is 9.82. The maximum Gasteiger partial charge on any atom is 0.315 e. The van der Waals surface area contributed by atoms with Crippen molar-refractivity contribution in [3.63, 3.8) is 0 Å². The minimum atomic E-state index is -0.743. The summed E-state index contributed by atoms with van der Waals surface area (Å²) in [4.78, 5) is 20.3. The van der Waals surface area contributed by atoms with Gasteiger partial charge in [0, 0.05) is 12.1 Å². The van der Waals surface area contributed by atoms with Crippen LogP contribution in [0.4, 0.5) is 0 Å². The molecule has 1 N–H and O–H groups in total. The average Bonchev–Trinajstić information content (AvgIpc) is 3.06. The predicted octanol–water partition coefficient (Wildman–Crippen LogP) is 2.25. The van der Waals surface area contributed by atoms with Crippen LogP contribution in [-0.4, -0.2) is 21.0 Å². The molecule has 3 rings (SSSR count). The highest BCUT2D eigenvalue weighted by Crippen LogP contribution is 2.42. The summed E-state index contributed by atoms with van der Waals surface area (Å²) in [6.45, 7) is 0. The highest BCUT2D eigenvalue weighted by Gasteiger charge is 2.44. The summed E-state index contributed by atoms with van der Waals surface area (Å²) in [6, 6.07) is 1.78. The van der Waals surface area contributed by atoms with E-state index >= 15 is 0 Å². The molecule has 2 aliphatic carbocycles. The zero-order chi connectivity index (χ0) is 11.9. The second-order valence-electron chi connectivity index (χ2n) is 5.17. The third-order valence-corrected chi connectivity index (χ3v) is 3.97. The van der Waals surface area contributed by atoms with Crippen molar-refractivity contribution in [3.8, 4) is 0 Å². The van der Waals surface area contributed by atoms with Gasteiger partial charge >= 0.3 is 5.97 Å². The van der Waals surface area contributed by atoms with Crippen molar-refractivity contribution in [2.24, 2.45) is 0 Å². The molecule has 0 bridgehead atoms. The Labute approximate surface area is 100 Å². The maximum atomic E-state index is 11.6. The molecular weight excluding hydrogens is 216 g/mol. The van der Waals surface area contributed by atoms with Gasteiger partial charge in [0.15, 0.2) is 0 Å². The Morgan fingerprint density at radius 3 is 2.65 bits per heavy atom. The van der Waals surface area contributed by atoms with Gasteiger partial charge in [-0.3, -0.25) is 4.79 Å². The first-order valence-corrected chi connectivity index (χ1v) is 6.29. The van der Waals surface area contributed by atoms with Crippen LogP contribution in [-0.2, 0) is 10.2 Å². The molecule has 4 heteroatoms. The molecule has 0 saturated heterocycles. The van der Waals surface area contributed by atoms with Crippen LogP contribution < -0.4 is 0 Å². The number of nitrogens with zero attached hydrogens (tertiary/aromatic N) is 2. The first-order valence-electron chi connectivity index (χ1n) is 6.29. The lowest BCUT2D eigenvalue weighted by Gasteiger charge is -2.23. The second-order valence-corrected chi connectivity index (χ2v) is 5.17. The standard InChI is InChI=1S/C13H16N2O2/c16-12(17)13(6-1-2-7-13)10-5-8-14-11(15-10)9-3-4-9/h5,8-9H,1-4,6-7H2,(H,16,17). The summed E-state index contributed by atoms with van der Waals surface area (Å²) >= 11 is 0. The smallest absolute Gasteiger partial charge is 0.315 e. The van der Waals surface area contributed by atoms with Gasteiger partial charge in [-0.05, 0) is 31.7 Å². The zero-order valence-electron chi connectivity index (χ0n) is 9.72. The molecule has 2 fully saturated rings. The van der Waals surface area contributed by atoms with Crippen molar-refractivity contribution >= 4 is 5.97 Å². The van der Waals surface area contributed by atoms with Crippen LogP contribution in [0.5, 0.6) is 0 Å². The number of hydrogen-bond acceptors (Lipinski definition) is 3. The van der Waals surface area contributed by atoms with Crippen LogP contribution in [0.3, 0.4) is 0 Å². The van der Waals surface area contributed by atoms with Gasteiger partial charge in [0.05, 0.1) is 5.69 Å². The van der Waals surface area contributed by atoms with E-state index in [2.05, 4.69) is 9.97 Å². The van der Waals surface area contributed by atoms with E-state index < -0.39 is 11.4 Å². The monoisotopic (exact) mass is 232 g/mol. The van der Waals surface area contributed by atoms with Crippen LogP contribution in [0.1, 0.15) is 56.0 Å². The molecule has 1 heterocycles. The summed E-state index contributed by atoms with van der Waals surface area (Å²) in [7, 11) is 0. The first kappa shape index (κ1) is 10.7. The Kier molecular flexibility index (Phi) is 2.38. The van der Waals surface area contributed by atoms with E-state index in [0.29, 0.717) is 18.8 Å². The Morgan fingerprint density at radius 1 is 1.35 bits per heavy atom. The van der Waals surface area contributed by atoms with Crippen LogP contribution >= 0.6 is 0 Å².